The van der Waals surface area contributed by atoms with Gasteiger partial charge in [-0.3, -0.25) is 4.98 Å². The Morgan fingerprint density at radius 2 is 1.83 bits per heavy atom. The van der Waals surface area contributed by atoms with Gasteiger partial charge in [-0.2, -0.15) is 0 Å². The monoisotopic (exact) mass is 306 g/mol. The second-order valence-corrected chi connectivity index (χ2v) is 5.53. The molecule has 4 rings (SSSR count). The fraction of sp³-hybridized carbons (Fsp3) is 0.235. The zero-order valence-electron chi connectivity index (χ0n) is 12.7. The molecule has 1 aliphatic rings. The van der Waals surface area contributed by atoms with Crippen LogP contribution in [0.2, 0.25) is 0 Å². The molecule has 0 spiro atoms. The number of nitrogens with zero attached hydrogens (tertiary/aromatic N) is 4. The summed E-state index contributed by atoms with van der Waals surface area (Å²) in [6.07, 6.45) is 5.38. The number of rotatable bonds is 3. The minimum Gasteiger partial charge on any atom is -0.369 e. The summed E-state index contributed by atoms with van der Waals surface area (Å²) in [4.78, 5) is 15.5. The summed E-state index contributed by atoms with van der Waals surface area (Å²) < 4.78 is 0. The van der Waals surface area contributed by atoms with Crippen LogP contribution < -0.4 is 15.5 Å². The molecule has 0 radical (unpaired) electrons. The van der Waals surface area contributed by atoms with Crippen molar-refractivity contribution in [3.05, 3.63) is 48.9 Å². The standard InChI is InChI=1S/C17H18N6/c1-2-13-10-16(21-12-15(13)19-4-1)22-17-11-14(3-5-20-17)23-8-6-18-7-9-23/h1-5,10-12,18H,6-9H2,(H,20,21,22). The molecule has 2 N–H and O–H groups in total. The molecule has 3 aromatic heterocycles. The zero-order valence-corrected chi connectivity index (χ0v) is 12.7. The highest BCUT2D eigenvalue weighted by molar-refractivity contribution is 5.80. The molecule has 4 heterocycles. The molecule has 3 aromatic rings. The van der Waals surface area contributed by atoms with E-state index in [4.69, 9.17) is 0 Å². The Kier molecular flexibility index (Phi) is 3.73. The molecule has 0 amide bonds. The third kappa shape index (κ3) is 3.07. The van der Waals surface area contributed by atoms with Gasteiger partial charge in [0.15, 0.2) is 0 Å². The molecule has 0 saturated carbocycles. The molecule has 0 bridgehead atoms. The maximum atomic E-state index is 4.41. The number of hydrogen-bond donors (Lipinski definition) is 2. The average molecular weight is 306 g/mol. The summed E-state index contributed by atoms with van der Waals surface area (Å²) in [5, 5.41) is 7.71. The number of pyridine rings is 3. The SMILES string of the molecule is c1cnc2cnc(Nc3cc(N4CCNCC4)ccn3)cc2c1. The minimum absolute atomic E-state index is 0.774. The van der Waals surface area contributed by atoms with Crippen molar-refractivity contribution in [1.82, 2.24) is 20.3 Å². The zero-order chi connectivity index (χ0) is 15.5. The number of aromatic nitrogens is 3. The van der Waals surface area contributed by atoms with E-state index >= 15 is 0 Å². The van der Waals surface area contributed by atoms with Crippen molar-refractivity contribution in [2.45, 2.75) is 0 Å². The first-order valence-electron chi connectivity index (χ1n) is 7.78. The van der Waals surface area contributed by atoms with Crippen molar-refractivity contribution >= 4 is 28.2 Å². The van der Waals surface area contributed by atoms with Crippen molar-refractivity contribution in [3.8, 4) is 0 Å². The predicted octanol–water partition coefficient (Wildman–Crippen LogP) is 2.18. The van der Waals surface area contributed by atoms with Crippen molar-refractivity contribution < 1.29 is 0 Å². The van der Waals surface area contributed by atoms with E-state index in [1.54, 1.807) is 12.4 Å². The van der Waals surface area contributed by atoms with Gasteiger partial charge in [0.05, 0.1) is 11.7 Å². The van der Waals surface area contributed by atoms with E-state index in [1.807, 2.05) is 30.5 Å². The number of anilines is 3. The summed E-state index contributed by atoms with van der Waals surface area (Å²) in [6.45, 7) is 4.07. The van der Waals surface area contributed by atoms with Crippen LogP contribution in [0.5, 0.6) is 0 Å². The first-order valence-corrected chi connectivity index (χ1v) is 7.78. The van der Waals surface area contributed by atoms with Crippen LogP contribution in [0, 0.1) is 0 Å². The van der Waals surface area contributed by atoms with Crippen molar-refractivity contribution in [1.29, 1.82) is 0 Å². The quantitative estimate of drug-likeness (QED) is 0.773. The maximum Gasteiger partial charge on any atom is 0.133 e. The van der Waals surface area contributed by atoms with E-state index in [1.165, 1.54) is 5.69 Å². The molecule has 0 aliphatic carbocycles. The largest absolute Gasteiger partial charge is 0.369 e. The Labute approximate surface area is 134 Å². The van der Waals surface area contributed by atoms with Gasteiger partial charge in [0.2, 0.25) is 0 Å². The molecule has 116 valence electrons. The summed E-state index contributed by atoms with van der Waals surface area (Å²) >= 11 is 0. The molecule has 23 heavy (non-hydrogen) atoms. The van der Waals surface area contributed by atoms with E-state index in [0.29, 0.717) is 0 Å². The second kappa shape index (κ2) is 6.18. The summed E-state index contributed by atoms with van der Waals surface area (Å²) in [5.74, 6) is 1.58. The van der Waals surface area contributed by atoms with Crippen LogP contribution in [-0.2, 0) is 0 Å². The van der Waals surface area contributed by atoms with Gasteiger partial charge < -0.3 is 15.5 Å². The number of piperazine rings is 1. The van der Waals surface area contributed by atoms with E-state index in [2.05, 4.69) is 36.6 Å². The highest BCUT2D eigenvalue weighted by atomic mass is 15.2. The second-order valence-electron chi connectivity index (χ2n) is 5.53. The average Bonchev–Trinajstić information content (AvgIpc) is 2.63. The summed E-state index contributed by atoms with van der Waals surface area (Å²) in [5.41, 5.74) is 2.08. The van der Waals surface area contributed by atoms with E-state index in [9.17, 15) is 0 Å². The third-order valence-corrected chi connectivity index (χ3v) is 3.97. The van der Waals surface area contributed by atoms with Crippen LogP contribution in [0.3, 0.4) is 0 Å². The lowest BCUT2D eigenvalue weighted by Crippen LogP contribution is -2.43. The smallest absolute Gasteiger partial charge is 0.133 e. The van der Waals surface area contributed by atoms with Crippen molar-refractivity contribution in [2.24, 2.45) is 0 Å². The molecule has 1 saturated heterocycles. The molecule has 0 unspecified atom stereocenters. The normalized spacial score (nSPS) is 14.9. The molecule has 0 aromatic carbocycles. The Bertz CT molecular complexity index is 813. The molecular formula is C17H18N6. The van der Waals surface area contributed by atoms with Crippen molar-refractivity contribution in [2.75, 3.05) is 36.4 Å². The lowest BCUT2D eigenvalue weighted by atomic mass is 10.2. The van der Waals surface area contributed by atoms with Gasteiger partial charge in [0.1, 0.15) is 11.6 Å². The molecule has 1 aliphatic heterocycles. The Hall–Kier alpha value is -2.73. The van der Waals surface area contributed by atoms with Gasteiger partial charge in [-0.05, 0) is 18.2 Å². The fourth-order valence-corrected chi connectivity index (χ4v) is 2.78. The summed E-state index contributed by atoms with van der Waals surface area (Å²) in [7, 11) is 0. The van der Waals surface area contributed by atoms with Crippen LogP contribution in [0.1, 0.15) is 0 Å². The predicted molar refractivity (Wildman–Crippen MR) is 92.1 cm³/mol. The number of fused-ring (bicyclic) bond motifs is 1. The third-order valence-electron chi connectivity index (χ3n) is 3.97. The highest BCUT2D eigenvalue weighted by Crippen LogP contribution is 2.21. The van der Waals surface area contributed by atoms with E-state index in [-0.39, 0.29) is 0 Å². The van der Waals surface area contributed by atoms with Crippen LogP contribution in [0.4, 0.5) is 17.3 Å². The molecule has 6 nitrogen and oxygen atoms in total. The van der Waals surface area contributed by atoms with Crippen LogP contribution in [-0.4, -0.2) is 41.1 Å². The molecule has 1 fully saturated rings. The van der Waals surface area contributed by atoms with Crippen LogP contribution in [0.25, 0.3) is 10.9 Å². The molecule has 0 atom stereocenters. The lowest BCUT2D eigenvalue weighted by Gasteiger charge is -2.29. The topological polar surface area (TPSA) is 66.0 Å². The number of hydrogen-bond acceptors (Lipinski definition) is 6. The lowest BCUT2D eigenvalue weighted by molar-refractivity contribution is 0.589. The maximum absolute atomic E-state index is 4.41. The van der Waals surface area contributed by atoms with Gasteiger partial charge >= 0.3 is 0 Å². The van der Waals surface area contributed by atoms with E-state index < -0.39 is 0 Å². The Morgan fingerprint density at radius 3 is 2.74 bits per heavy atom. The van der Waals surface area contributed by atoms with Crippen LogP contribution >= 0.6 is 0 Å². The minimum atomic E-state index is 0.774. The van der Waals surface area contributed by atoms with Crippen LogP contribution in [0.15, 0.2) is 48.9 Å². The fourth-order valence-electron chi connectivity index (χ4n) is 2.78. The highest BCUT2D eigenvalue weighted by Gasteiger charge is 2.11. The van der Waals surface area contributed by atoms with Crippen molar-refractivity contribution in [3.63, 3.8) is 0 Å². The Balaban J connectivity index is 1.57. The van der Waals surface area contributed by atoms with Gasteiger partial charge in [0, 0.05) is 55.7 Å². The first kappa shape index (κ1) is 13.9. The first-order chi connectivity index (χ1) is 11.4. The van der Waals surface area contributed by atoms with E-state index in [0.717, 1.165) is 48.7 Å². The van der Waals surface area contributed by atoms with Gasteiger partial charge in [-0.1, -0.05) is 6.07 Å². The number of nitrogens with one attached hydrogen (secondary N) is 2. The van der Waals surface area contributed by atoms with Gasteiger partial charge in [-0.25, -0.2) is 9.97 Å². The Morgan fingerprint density at radius 1 is 0.957 bits per heavy atom. The van der Waals surface area contributed by atoms with Gasteiger partial charge in [-0.15, -0.1) is 0 Å². The molecular weight excluding hydrogens is 288 g/mol. The summed E-state index contributed by atoms with van der Waals surface area (Å²) in [6, 6.07) is 10.1. The molecule has 6 heteroatoms. The van der Waals surface area contributed by atoms with Gasteiger partial charge in [0.25, 0.3) is 0 Å².